The van der Waals surface area contributed by atoms with Crippen LogP contribution in [0.15, 0.2) is 30.9 Å². The number of aromatic nitrogens is 2. The summed E-state index contributed by atoms with van der Waals surface area (Å²) in [4.78, 5) is 7.53. The third-order valence-corrected chi connectivity index (χ3v) is 2.41. The van der Waals surface area contributed by atoms with Gasteiger partial charge in [0.2, 0.25) is 0 Å². The van der Waals surface area contributed by atoms with Crippen molar-refractivity contribution in [2.24, 2.45) is 0 Å². The molecule has 1 heterocycles. The molecule has 0 unspecified atom stereocenters. The summed E-state index contributed by atoms with van der Waals surface area (Å²) in [6.45, 7) is 1.42. The molecule has 0 saturated heterocycles. The molecule has 1 aromatic heterocycles. The maximum absolute atomic E-state index is 13.6. The molecule has 0 aliphatic heterocycles. The van der Waals surface area contributed by atoms with Gasteiger partial charge in [-0.3, -0.25) is 0 Å². The van der Waals surface area contributed by atoms with Crippen LogP contribution in [0.5, 0.6) is 0 Å². The van der Waals surface area contributed by atoms with Crippen LogP contribution in [0.4, 0.5) is 8.78 Å². The Balaban J connectivity index is 2.59. The summed E-state index contributed by atoms with van der Waals surface area (Å²) in [6, 6.07) is 2.03. The van der Waals surface area contributed by atoms with Crippen LogP contribution < -0.4 is 0 Å². The van der Waals surface area contributed by atoms with Crippen LogP contribution in [-0.4, -0.2) is 15.1 Å². The lowest BCUT2D eigenvalue weighted by molar-refractivity contribution is 0.194. The lowest BCUT2D eigenvalue weighted by atomic mass is 10.0. The SMILES string of the molecule is C[C@@H](O)c1cc(-c2cncnc2)c(F)cc1F. The summed E-state index contributed by atoms with van der Waals surface area (Å²) < 4.78 is 27.0. The average Bonchev–Trinajstić information content (AvgIpc) is 2.29. The van der Waals surface area contributed by atoms with Crippen molar-refractivity contribution in [2.45, 2.75) is 13.0 Å². The highest BCUT2D eigenvalue weighted by atomic mass is 19.1. The van der Waals surface area contributed by atoms with Crippen molar-refractivity contribution in [3.8, 4) is 11.1 Å². The van der Waals surface area contributed by atoms with Gasteiger partial charge in [-0.05, 0) is 13.0 Å². The molecule has 88 valence electrons. The molecule has 1 aromatic carbocycles. The van der Waals surface area contributed by atoms with Gasteiger partial charge in [0, 0.05) is 35.2 Å². The molecule has 0 radical (unpaired) electrons. The van der Waals surface area contributed by atoms with Crippen LogP contribution in [0.2, 0.25) is 0 Å². The van der Waals surface area contributed by atoms with Gasteiger partial charge in [0.25, 0.3) is 0 Å². The Hall–Kier alpha value is -1.88. The van der Waals surface area contributed by atoms with Gasteiger partial charge < -0.3 is 5.11 Å². The fourth-order valence-corrected chi connectivity index (χ4v) is 1.55. The van der Waals surface area contributed by atoms with E-state index in [2.05, 4.69) is 9.97 Å². The standard InChI is InChI=1S/C12H10F2N2O/c1-7(17)9-2-10(12(14)3-11(9)13)8-4-15-6-16-5-8/h2-7,17H,1H3/t7-/m1/s1. The fraction of sp³-hybridized carbons (Fsp3) is 0.167. The lowest BCUT2D eigenvalue weighted by Crippen LogP contribution is -1.99. The van der Waals surface area contributed by atoms with Crippen LogP contribution >= 0.6 is 0 Å². The maximum Gasteiger partial charge on any atom is 0.134 e. The lowest BCUT2D eigenvalue weighted by Gasteiger charge is -2.10. The van der Waals surface area contributed by atoms with E-state index in [-0.39, 0.29) is 11.1 Å². The van der Waals surface area contributed by atoms with E-state index in [0.29, 0.717) is 5.56 Å². The van der Waals surface area contributed by atoms with E-state index in [1.807, 2.05) is 0 Å². The zero-order valence-electron chi connectivity index (χ0n) is 9.06. The number of hydrogen-bond acceptors (Lipinski definition) is 3. The smallest absolute Gasteiger partial charge is 0.134 e. The van der Waals surface area contributed by atoms with E-state index < -0.39 is 17.7 Å². The topological polar surface area (TPSA) is 46.0 Å². The minimum Gasteiger partial charge on any atom is -0.389 e. The summed E-state index contributed by atoms with van der Waals surface area (Å²) in [5, 5.41) is 9.37. The molecule has 0 fully saturated rings. The molecular weight excluding hydrogens is 226 g/mol. The second-order valence-electron chi connectivity index (χ2n) is 3.66. The van der Waals surface area contributed by atoms with Crippen molar-refractivity contribution >= 4 is 0 Å². The monoisotopic (exact) mass is 236 g/mol. The van der Waals surface area contributed by atoms with Crippen molar-refractivity contribution in [3.05, 3.63) is 48.1 Å². The van der Waals surface area contributed by atoms with Crippen LogP contribution in [0.25, 0.3) is 11.1 Å². The van der Waals surface area contributed by atoms with Crippen molar-refractivity contribution in [3.63, 3.8) is 0 Å². The Bertz CT molecular complexity index is 530. The Morgan fingerprint density at radius 3 is 2.35 bits per heavy atom. The van der Waals surface area contributed by atoms with Gasteiger partial charge in [-0.25, -0.2) is 18.7 Å². The normalized spacial score (nSPS) is 12.5. The van der Waals surface area contributed by atoms with E-state index in [0.717, 1.165) is 6.07 Å². The van der Waals surface area contributed by atoms with Crippen LogP contribution in [0.3, 0.4) is 0 Å². The van der Waals surface area contributed by atoms with E-state index in [1.54, 1.807) is 0 Å². The highest BCUT2D eigenvalue weighted by molar-refractivity contribution is 5.63. The zero-order chi connectivity index (χ0) is 12.4. The molecule has 2 rings (SSSR count). The minimum absolute atomic E-state index is 0.0465. The first-order chi connectivity index (χ1) is 8.09. The molecule has 0 aliphatic rings. The Morgan fingerprint density at radius 1 is 1.12 bits per heavy atom. The van der Waals surface area contributed by atoms with Gasteiger partial charge in [-0.15, -0.1) is 0 Å². The molecule has 0 bridgehead atoms. The van der Waals surface area contributed by atoms with Gasteiger partial charge in [0.1, 0.15) is 18.0 Å². The van der Waals surface area contributed by atoms with E-state index in [4.69, 9.17) is 0 Å². The number of benzene rings is 1. The summed E-state index contributed by atoms with van der Waals surface area (Å²) in [5.74, 6) is -1.47. The van der Waals surface area contributed by atoms with Gasteiger partial charge in [0.15, 0.2) is 0 Å². The molecule has 0 aliphatic carbocycles. The molecule has 2 aromatic rings. The van der Waals surface area contributed by atoms with Crippen LogP contribution in [0.1, 0.15) is 18.6 Å². The van der Waals surface area contributed by atoms with Crippen molar-refractivity contribution in [2.75, 3.05) is 0 Å². The van der Waals surface area contributed by atoms with E-state index in [1.165, 1.54) is 31.7 Å². The van der Waals surface area contributed by atoms with Crippen LogP contribution in [0, 0.1) is 11.6 Å². The minimum atomic E-state index is -1.00. The molecule has 0 saturated carbocycles. The number of hydrogen-bond donors (Lipinski definition) is 1. The highest BCUT2D eigenvalue weighted by Gasteiger charge is 2.14. The van der Waals surface area contributed by atoms with Gasteiger partial charge >= 0.3 is 0 Å². The maximum atomic E-state index is 13.6. The molecule has 1 N–H and O–H groups in total. The first-order valence-electron chi connectivity index (χ1n) is 5.02. The van der Waals surface area contributed by atoms with E-state index in [9.17, 15) is 13.9 Å². The average molecular weight is 236 g/mol. The second kappa shape index (κ2) is 4.55. The number of nitrogens with zero attached hydrogens (tertiary/aromatic N) is 2. The predicted molar refractivity (Wildman–Crippen MR) is 58.0 cm³/mol. The van der Waals surface area contributed by atoms with Crippen molar-refractivity contribution in [1.29, 1.82) is 0 Å². The number of aliphatic hydroxyl groups is 1. The fourth-order valence-electron chi connectivity index (χ4n) is 1.55. The Kier molecular flexibility index (Phi) is 3.10. The number of halogens is 2. The van der Waals surface area contributed by atoms with Crippen molar-refractivity contribution in [1.82, 2.24) is 9.97 Å². The summed E-state index contributed by atoms with van der Waals surface area (Å²) in [5.41, 5.74) is 0.653. The Morgan fingerprint density at radius 2 is 1.76 bits per heavy atom. The zero-order valence-corrected chi connectivity index (χ0v) is 9.06. The number of rotatable bonds is 2. The summed E-state index contributed by atoms with van der Waals surface area (Å²) in [6.07, 6.45) is 3.17. The molecule has 0 spiro atoms. The quantitative estimate of drug-likeness (QED) is 0.871. The molecule has 1 atom stereocenters. The number of aliphatic hydroxyl groups excluding tert-OH is 1. The molecular formula is C12H10F2N2O. The van der Waals surface area contributed by atoms with Gasteiger partial charge in [0.05, 0.1) is 6.10 Å². The first kappa shape index (κ1) is 11.6. The van der Waals surface area contributed by atoms with Crippen molar-refractivity contribution < 1.29 is 13.9 Å². The third-order valence-electron chi connectivity index (χ3n) is 2.41. The van der Waals surface area contributed by atoms with Crippen LogP contribution in [-0.2, 0) is 0 Å². The molecule has 5 heteroatoms. The molecule has 3 nitrogen and oxygen atoms in total. The van der Waals surface area contributed by atoms with Gasteiger partial charge in [-0.2, -0.15) is 0 Å². The second-order valence-corrected chi connectivity index (χ2v) is 3.66. The summed E-state index contributed by atoms with van der Waals surface area (Å²) in [7, 11) is 0. The molecule has 17 heavy (non-hydrogen) atoms. The molecule has 0 amide bonds. The largest absolute Gasteiger partial charge is 0.389 e. The van der Waals surface area contributed by atoms with Gasteiger partial charge in [-0.1, -0.05) is 0 Å². The van der Waals surface area contributed by atoms with E-state index >= 15 is 0 Å². The third kappa shape index (κ3) is 2.29. The predicted octanol–water partition coefficient (Wildman–Crippen LogP) is 2.48. The summed E-state index contributed by atoms with van der Waals surface area (Å²) >= 11 is 0. The highest BCUT2D eigenvalue weighted by Crippen LogP contribution is 2.27. The first-order valence-corrected chi connectivity index (χ1v) is 5.02. The Labute approximate surface area is 96.8 Å².